The Labute approximate surface area is 189 Å². The Morgan fingerprint density at radius 2 is 1.94 bits per heavy atom. The Kier molecular flexibility index (Phi) is 6.02. The number of rotatable bonds is 5. The van der Waals surface area contributed by atoms with Crippen molar-refractivity contribution in [3.8, 4) is 0 Å². The number of thiazole rings is 1. The number of nitrogens with zero attached hydrogens (tertiary/aromatic N) is 3. The molecule has 2 aliphatic rings. The molecule has 8 nitrogen and oxygen atoms in total. The van der Waals surface area contributed by atoms with Crippen molar-refractivity contribution in [3.63, 3.8) is 0 Å². The molecule has 1 N–H and O–H groups in total. The number of amides is 2. The van der Waals surface area contributed by atoms with Crippen molar-refractivity contribution in [3.05, 3.63) is 70.6 Å². The second-order valence-corrected chi connectivity index (χ2v) is 8.78. The highest BCUT2D eigenvalue weighted by molar-refractivity contribution is 7.13. The van der Waals surface area contributed by atoms with Crippen LogP contribution in [0.4, 0.5) is 5.13 Å². The van der Waals surface area contributed by atoms with Crippen LogP contribution < -0.4 is 5.32 Å². The maximum Gasteiger partial charge on any atom is 0.290 e. The zero-order chi connectivity index (χ0) is 21.9. The Morgan fingerprint density at radius 1 is 1.12 bits per heavy atom. The van der Waals surface area contributed by atoms with Gasteiger partial charge in [-0.15, -0.1) is 11.3 Å². The molecule has 1 unspecified atom stereocenters. The molecule has 0 radical (unpaired) electrons. The van der Waals surface area contributed by atoms with Crippen LogP contribution in [0.5, 0.6) is 0 Å². The van der Waals surface area contributed by atoms with Gasteiger partial charge in [0.05, 0.1) is 25.2 Å². The summed E-state index contributed by atoms with van der Waals surface area (Å²) in [7, 11) is 0. The summed E-state index contributed by atoms with van der Waals surface area (Å²) in [6.07, 6.45) is 1.91. The van der Waals surface area contributed by atoms with Crippen molar-refractivity contribution in [2.75, 3.05) is 31.6 Å². The van der Waals surface area contributed by atoms with E-state index in [1.165, 1.54) is 17.6 Å². The van der Waals surface area contributed by atoms with Gasteiger partial charge in [0.15, 0.2) is 10.9 Å². The fourth-order valence-electron chi connectivity index (χ4n) is 4.13. The summed E-state index contributed by atoms with van der Waals surface area (Å²) in [5, 5.41) is 5.44. The molecule has 5 rings (SSSR count). The van der Waals surface area contributed by atoms with E-state index in [4.69, 9.17) is 9.15 Å². The van der Waals surface area contributed by atoms with E-state index in [-0.39, 0.29) is 17.6 Å². The van der Waals surface area contributed by atoms with Gasteiger partial charge < -0.3 is 19.4 Å². The lowest BCUT2D eigenvalue weighted by molar-refractivity contribution is -0.121. The van der Waals surface area contributed by atoms with Crippen molar-refractivity contribution in [2.45, 2.75) is 25.6 Å². The average Bonchev–Trinajstić information content (AvgIpc) is 3.51. The number of ether oxygens (including phenoxy) is 1. The lowest BCUT2D eigenvalue weighted by atomic mass is 9.93. The largest absolute Gasteiger partial charge is 0.459 e. The van der Waals surface area contributed by atoms with Gasteiger partial charge in [-0.2, -0.15) is 0 Å². The smallest absolute Gasteiger partial charge is 0.290 e. The Balaban J connectivity index is 1.32. The van der Waals surface area contributed by atoms with E-state index in [1.807, 2.05) is 29.6 Å². The highest BCUT2D eigenvalue weighted by atomic mass is 32.1. The number of carbonyl (C=O) groups is 2. The van der Waals surface area contributed by atoms with Gasteiger partial charge in [0.2, 0.25) is 5.91 Å². The van der Waals surface area contributed by atoms with Crippen molar-refractivity contribution in [1.29, 1.82) is 0 Å². The predicted octanol–water partition coefficient (Wildman–Crippen LogP) is 2.77. The summed E-state index contributed by atoms with van der Waals surface area (Å²) in [5.74, 6) is -0.312. The van der Waals surface area contributed by atoms with E-state index < -0.39 is 6.04 Å². The summed E-state index contributed by atoms with van der Waals surface area (Å²) in [5.41, 5.74) is 3.03. The van der Waals surface area contributed by atoms with Gasteiger partial charge in [0.1, 0.15) is 6.04 Å². The minimum absolute atomic E-state index is 0.226. The standard InChI is InChI=1S/C23H24N4O4S/c28-21(25-23-24-18(15-32-23)14-26-7-10-30-11-8-26)19-12-16-4-1-2-5-17(16)13-27(19)22(29)20-6-3-9-31-20/h1-6,9,15,19H,7-8,10-14H2,(H,24,25,28). The third kappa shape index (κ3) is 4.45. The lowest BCUT2D eigenvalue weighted by Crippen LogP contribution is -2.50. The van der Waals surface area contributed by atoms with Crippen molar-refractivity contribution in [1.82, 2.24) is 14.8 Å². The number of hydrogen-bond acceptors (Lipinski definition) is 7. The Morgan fingerprint density at radius 3 is 2.72 bits per heavy atom. The molecule has 1 atom stereocenters. The number of furan rings is 1. The third-order valence-electron chi connectivity index (χ3n) is 5.82. The second kappa shape index (κ2) is 9.23. The topological polar surface area (TPSA) is 87.9 Å². The van der Waals surface area contributed by atoms with Crippen LogP contribution in [0.25, 0.3) is 0 Å². The summed E-state index contributed by atoms with van der Waals surface area (Å²) in [4.78, 5) is 34.8. The number of anilines is 1. The first-order chi connectivity index (χ1) is 15.7. The van der Waals surface area contributed by atoms with Crippen LogP contribution in [-0.4, -0.2) is 58.9 Å². The maximum absolute atomic E-state index is 13.3. The number of carbonyl (C=O) groups excluding carboxylic acids is 2. The zero-order valence-corrected chi connectivity index (χ0v) is 18.3. The summed E-state index contributed by atoms with van der Waals surface area (Å²) in [6.45, 7) is 4.31. The highest BCUT2D eigenvalue weighted by Crippen LogP contribution is 2.27. The quantitative estimate of drug-likeness (QED) is 0.641. The maximum atomic E-state index is 13.3. The molecule has 2 aromatic heterocycles. The van der Waals surface area contributed by atoms with E-state index in [0.29, 0.717) is 18.1 Å². The number of morpholine rings is 1. The SMILES string of the molecule is O=C(Nc1nc(CN2CCOCC2)cs1)C1Cc2ccccc2CN1C(=O)c1ccco1. The van der Waals surface area contributed by atoms with E-state index in [9.17, 15) is 9.59 Å². The van der Waals surface area contributed by atoms with E-state index in [2.05, 4.69) is 15.2 Å². The van der Waals surface area contributed by atoms with Gasteiger partial charge >= 0.3 is 0 Å². The van der Waals surface area contributed by atoms with Crippen LogP contribution in [0.15, 0.2) is 52.5 Å². The van der Waals surface area contributed by atoms with Crippen molar-refractivity contribution >= 4 is 28.3 Å². The van der Waals surface area contributed by atoms with Crippen LogP contribution in [0, 0.1) is 0 Å². The Hall–Kier alpha value is -3.01. The number of fused-ring (bicyclic) bond motifs is 1. The van der Waals surface area contributed by atoms with Crippen LogP contribution in [0.3, 0.4) is 0 Å². The molecule has 166 valence electrons. The first kappa shape index (κ1) is 20.9. The van der Waals surface area contributed by atoms with Gasteiger partial charge in [-0.1, -0.05) is 24.3 Å². The van der Waals surface area contributed by atoms with E-state index in [1.54, 1.807) is 17.0 Å². The monoisotopic (exact) mass is 452 g/mol. The van der Waals surface area contributed by atoms with E-state index in [0.717, 1.165) is 49.7 Å². The first-order valence-electron chi connectivity index (χ1n) is 10.6. The van der Waals surface area contributed by atoms with Crippen LogP contribution in [0.2, 0.25) is 0 Å². The molecule has 4 heterocycles. The average molecular weight is 453 g/mol. The zero-order valence-electron chi connectivity index (χ0n) is 17.5. The molecule has 2 amide bonds. The molecule has 0 aliphatic carbocycles. The van der Waals surface area contributed by atoms with Gasteiger partial charge in [-0.3, -0.25) is 14.5 Å². The van der Waals surface area contributed by atoms with Gasteiger partial charge in [-0.05, 0) is 23.3 Å². The predicted molar refractivity (Wildman–Crippen MR) is 119 cm³/mol. The molecular formula is C23H24N4O4S. The summed E-state index contributed by atoms with van der Waals surface area (Å²) in [6, 6.07) is 10.5. The molecule has 1 saturated heterocycles. The third-order valence-corrected chi connectivity index (χ3v) is 6.62. The highest BCUT2D eigenvalue weighted by Gasteiger charge is 2.36. The molecule has 9 heteroatoms. The minimum atomic E-state index is -0.644. The van der Waals surface area contributed by atoms with E-state index >= 15 is 0 Å². The second-order valence-electron chi connectivity index (χ2n) is 7.92. The first-order valence-corrected chi connectivity index (χ1v) is 11.5. The van der Waals surface area contributed by atoms with Crippen LogP contribution in [0.1, 0.15) is 27.4 Å². The van der Waals surface area contributed by atoms with Gasteiger partial charge in [0.25, 0.3) is 5.91 Å². The fourth-order valence-corrected chi connectivity index (χ4v) is 4.83. The van der Waals surface area contributed by atoms with Gasteiger partial charge in [-0.25, -0.2) is 4.98 Å². The van der Waals surface area contributed by atoms with Crippen LogP contribution >= 0.6 is 11.3 Å². The molecule has 32 heavy (non-hydrogen) atoms. The van der Waals surface area contributed by atoms with Crippen molar-refractivity contribution < 1.29 is 18.7 Å². The van der Waals surface area contributed by atoms with Crippen LogP contribution in [-0.2, 0) is 29.0 Å². The summed E-state index contributed by atoms with van der Waals surface area (Å²) >= 11 is 1.40. The molecule has 1 aromatic carbocycles. The molecule has 0 saturated carbocycles. The van der Waals surface area contributed by atoms with Crippen molar-refractivity contribution in [2.24, 2.45) is 0 Å². The number of hydrogen-bond donors (Lipinski definition) is 1. The number of nitrogens with one attached hydrogen (secondary N) is 1. The molecule has 0 bridgehead atoms. The summed E-state index contributed by atoms with van der Waals surface area (Å²) < 4.78 is 10.7. The lowest BCUT2D eigenvalue weighted by Gasteiger charge is -2.35. The molecule has 3 aromatic rings. The molecule has 0 spiro atoms. The number of aromatic nitrogens is 1. The Bertz CT molecular complexity index is 1090. The molecular weight excluding hydrogens is 428 g/mol. The normalized spacial score (nSPS) is 18.9. The number of benzene rings is 1. The molecule has 1 fully saturated rings. The molecule has 2 aliphatic heterocycles. The minimum Gasteiger partial charge on any atom is -0.459 e. The van der Waals surface area contributed by atoms with Gasteiger partial charge in [0, 0.05) is 38.0 Å². The fraction of sp³-hybridized carbons (Fsp3) is 0.348.